The summed E-state index contributed by atoms with van der Waals surface area (Å²) in [4.78, 5) is 0. The summed E-state index contributed by atoms with van der Waals surface area (Å²) in [6.45, 7) is 4.00. The Balaban J connectivity index is 0.00000138. The molecule has 3 heteroatoms. The van der Waals surface area contributed by atoms with Gasteiger partial charge in [0.2, 0.25) is 0 Å². The molecule has 9 aromatic rings. The van der Waals surface area contributed by atoms with Gasteiger partial charge in [-0.15, -0.1) is 0 Å². The Kier molecular flexibility index (Phi) is 5.76. The molecule has 0 saturated carbocycles. The van der Waals surface area contributed by atoms with E-state index in [0.717, 1.165) is 29.4 Å². The predicted octanol–water partition coefficient (Wildman–Crippen LogP) is 11.8. The van der Waals surface area contributed by atoms with Crippen LogP contribution in [0.2, 0.25) is 0 Å². The van der Waals surface area contributed by atoms with Crippen LogP contribution in [0.4, 0.5) is 0 Å². The first-order valence-corrected chi connectivity index (χ1v) is 16.0. The minimum Gasteiger partial charge on any atom is -0.456 e. The Morgan fingerprint density at radius 1 is 0.533 bits per heavy atom. The van der Waals surface area contributed by atoms with E-state index < -0.39 is 0 Å². The fourth-order valence-electron chi connectivity index (χ4n) is 7.51. The number of fused-ring (bicyclic) bond motifs is 11. The lowest BCUT2D eigenvalue weighted by Gasteiger charge is -2.13. The molecular weight excluding hydrogens is 548 g/mol. The van der Waals surface area contributed by atoms with Crippen molar-refractivity contribution in [2.45, 2.75) is 26.7 Å². The molecule has 3 nitrogen and oxygen atoms in total. The minimum atomic E-state index is 0.927. The van der Waals surface area contributed by atoms with Crippen molar-refractivity contribution < 1.29 is 4.42 Å². The first-order chi connectivity index (χ1) is 22.3. The van der Waals surface area contributed by atoms with Crippen LogP contribution >= 0.6 is 0 Å². The van der Waals surface area contributed by atoms with Gasteiger partial charge in [-0.1, -0.05) is 86.7 Å². The summed E-state index contributed by atoms with van der Waals surface area (Å²) in [6.07, 6.45) is 6.76. The van der Waals surface area contributed by atoms with Crippen LogP contribution < -0.4 is 0 Å². The lowest BCUT2D eigenvalue weighted by atomic mass is 10.0. The molecule has 0 N–H and O–H groups in total. The smallest absolute Gasteiger partial charge is 0.136 e. The third-order valence-corrected chi connectivity index (χ3v) is 9.36. The van der Waals surface area contributed by atoms with Crippen molar-refractivity contribution in [2.24, 2.45) is 0 Å². The zero-order valence-electron chi connectivity index (χ0n) is 25.4. The molecule has 0 radical (unpaired) electrons. The summed E-state index contributed by atoms with van der Waals surface area (Å²) < 4.78 is 11.2. The molecule has 0 amide bonds. The molecule has 0 spiro atoms. The summed E-state index contributed by atoms with van der Waals surface area (Å²) in [5.74, 6) is 0. The highest BCUT2D eigenvalue weighted by molar-refractivity contribution is 6.23. The van der Waals surface area contributed by atoms with Crippen molar-refractivity contribution in [1.82, 2.24) is 9.13 Å². The monoisotopic (exact) mass is 580 g/mol. The Morgan fingerprint density at radius 3 is 2.20 bits per heavy atom. The molecule has 0 bridgehead atoms. The Morgan fingerprint density at radius 2 is 1.31 bits per heavy atom. The molecule has 0 fully saturated rings. The Bertz CT molecular complexity index is 2610. The zero-order valence-corrected chi connectivity index (χ0v) is 25.4. The second-order valence-corrected chi connectivity index (χ2v) is 11.7. The second-order valence-electron chi connectivity index (χ2n) is 11.7. The van der Waals surface area contributed by atoms with Crippen molar-refractivity contribution in [2.75, 3.05) is 0 Å². The van der Waals surface area contributed by atoms with Crippen molar-refractivity contribution in [3.8, 4) is 11.4 Å². The van der Waals surface area contributed by atoms with Crippen LogP contribution in [0.15, 0.2) is 132 Å². The van der Waals surface area contributed by atoms with Gasteiger partial charge in [0.25, 0.3) is 0 Å². The molecule has 1 aliphatic rings. The number of benzene rings is 6. The van der Waals surface area contributed by atoms with Crippen molar-refractivity contribution >= 4 is 71.5 Å². The summed E-state index contributed by atoms with van der Waals surface area (Å²) in [6, 6.07) is 44.0. The van der Waals surface area contributed by atoms with E-state index in [9.17, 15) is 0 Å². The topological polar surface area (TPSA) is 23.0 Å². The van der Waals surface area contributed by atoms with Crippen LogP contribution in [0, 0.1) is 0 Å². The zero-order chi connectivity index (χ0) is 30.1. The molecule has 0 aliphatic heterocycles. The number of aromatic nitrogens is 2. The van der Waals surface area contributed by atoms with E-state index in [1.807, 2.05) is 19.9 Å². The highest BCUT2D eigenvalue weighted by Gasteiger charge is 2.21. The maximum absolute atomic E-state index is 6.27. The van der Waals surface area contributed by atoms with E-state index in [-0.39, 0.29) is 0 Å². The molecule has 0 atom stereocenters. The quantitative estimate of drug-likeness (QED) is 0.199. The number of hydrogen-bond donors (Lipinski definition) is 0. The van der Waals surface area contributed by atoms with E-state index >= 15 is 0 Å². The summed E-state index contributed by atoms with van der Waals surface area (Å²) in [5.41, 5.74) is 10.6. The number of furan rings is 1. The molecule has 1 aliphatic carbocycles. The largest absolute Gasteiger partial charge is 0.456 e. The lowest BCUT2D eigenvalue weighted by molar-refractivity contribution is 0.669. The number of rotatable bonds is 2. The SMILES string of the molecule is C1=Cc2c(c3ccc(-n4c5ccccc5c5cc6ccc7oc8ccccc8c7c6cc54)cc3n2-c2ccccc2)CC1.CC. The molecule has 10 rings (SSSR count). The van der Waals surface area contributed by atoms with Gasteiger partial charge in [-0.25, -0.2) is 0 Å². The van der Waals surface area contributed by atoms with Gasteiger partial charge in [0.05, 0.1) is 16.6 Å². The highest BCUT2D eigenvalue weighted by Crippen LogP contribution is 2.41. The molecule has 216 valence electrons. The van der Waals surface area contributed by atoms with Crippen LogP contribution in [0.25, 0.3) is 82.9 Å². The number of hydrogen-bond acceptors (Lipinski definition) is 1. The maximum Gasteiger partial charge on any atom is 0.136 e. The first kappa shape index (κ1) is 25.9. The fraction of sp³-hybridized carbons (Fsp3) is 0.0952. The van der Waals surface area contributed by atoms with Gasteiger partial charge in [-0.2, -0.15) is 0 Å². The van der Waals surface area contributed by atoms with Gasteiger partial charge in [-0.05, 0) is 89.9 Å². The third-order valence-electron chi connectivity index (χ3n) is 9.36. The molecule has 3 aromatic heterocycles. The number of nitrogens with zero attached hydrogens (tertiary/aromatic N) is 2. The van der Waals surface area contributed by atoms with E-state index in [1.54, 1.807) is 0 Å². The number of para-hydroxylation sites is 3. The van der Waals surface area contributed by atoms with Crippen LogP contribution in [-0.4, -0.2) is 9.13 Å². The summed E-state index contributed by atoms with van der Waals surface area (Å²) in [7, 11) is 0. The maximum atomic E-state index is 6.27. The van der Waals surface area contributed by atoms with Gasteiger partial charge in [0, 0.05) is 44.0 Å². The van der Waals surface area contributed by atoms with E-state index in [0.29, 0.717) is 0 Å². The Hall–Kier alpha value is -5.54. The van der Waals surface area contributed by atoms with Gasteiger partial charge < -0.3 is 13.6 Å². The number of allylic oxidation sites excluding steroid dienone is 1. The molecule has 6 aromatic carbocycles. The second kappa shape index (κ2) is 10.0. The normalized spacial score (nSPS) is 12.8. The molecule has 0 saturated heterocycles. The summed E-state index contributed by atoms with van der Waals surface area (Å²) in [5, 5.41) is 8.64. The van der Waals surface area contributed by atoms with Gasteiger partial charge in [0.1, 0.15) is 11.2 Å². The molecule has 3 heterocycles. The van der Waals surface area contributed by atoms with Crippen LogP contribution in [0.3, 0.4) is 0 Å². The van der Waals surface area contributed by atoms with Gasteiger partial charge in [0.15, 0.2) is 0 Å². The van der Waals surface area contributed by atoms with Crippen LogP contribution in [0.5, 0.6) is 0 Å². The van der Waals surface area contributed by atoms with E-state index in [4.69, 9.17) is 4.42 Å². The van der Waals surface area contributed by atoms with Crippen molar-refractivity contribution in [3.63, 3.8) is 0 Å². The van der Waals surface area contributed by atoms with Gasteiger partial charge >= 0.3 is 0 Å². The number of aryl methyl sites for hydroxylation is 1. The standard InChI is InChI=1S/C40H26N2O.C2H6/c1-2-10-26(11-3-1)41-34-15-7-4-12-28(34)30-20-19-27(23-36(30)41)42-35-16-8-5-13-29(35)33-22-25-18-21-39-40(32(25)24-37(33)42)31-14-6-9-17-38(31)43-39;1-2/h1-3,5-11,13-24H,4,12H2;1-2H3. The predicted molar refractivity (Wildman–Crippen MR) is 191 cm³/mol. The lowest BCUT2D eigenvalue weighted by Crippen LogP contribution is -2.00. The van der Waals surface area contributed by atoms with Gasteiger partial charge in [-0.3, -0.25) is 0 Å². The molecule has 0 unspecified atom stereocenters. The summed E-state index contributed by atoms with van der Waals surface area (Å²) >= 11 is 0. The fourth-order valence-corrected chi connectivity index (χ4v) is 7.51. The van der Waals surface area contributed by atoms with E-state index in [1.165, 1.54) is 71.5 Å². The highest BCUT2D eigenvalue weighted by atomic mass is 16.3. The molecular formula is C42H32N2O. The van der Waals surface area contributed by atoms with Crippen molar-refractivity contribution in [1.29, 1.82) is 0 Å². The average Bonchev–Trinajstić information content (AvgIpc) is 3.76. The average molecular weight is 581 g/mol. The van der Waals surface area contributed by atoms with Crippen molar-refractivity contribution in [3.05, 3.63) is 139 Å². The van der Waals surface area contributed by atoms with E-state index in [2.05, 4.69) is 137 Å². The molecule has 45 heavy (non-hydrogen) atoms. The minimum absolute atomic E-state index is 0.927. The third kappa shape index (κ3) is 3.71. The first-order valence-electron chi connectivity index (χ1n) is 16.0. The van der Waals surface area contributed by atoms with Crippen LogP contribution in [-0.2, 0) is 6.42 Å². The van der Waals surface area contributed by atoms with Crippen LogP contribution in [0.1, 0.15) is 31.5 Å². The Labute approximate surface area is 261 Å².